The Balaban J connectivity index is 1.23. The van der Waals surface area contributed by atoms with Crippen molar-refractivity contribution in [2.24, 2.45) is 5.92 Å². The zero-order valence-electron chi connectivity index (χ0n) is 16.4. The lowest BCUT2D eigenvalue weighted by Gasteiger charge is -2.27. The van der Waals surface area contributed by atoms with Gasteiger partial charge in [0.2, 0.25) is 5.91 Å². The third-order valence-electron chi connectivity index (χ3n) is 5.62. The fourth-order valence-corrected chi connectivity index (χ4v) is 5.50. The van der Waals surface area contributed by atoms with Gasteiger partial charge in [-0.15, -0.1) is 0 Å². The van der Waals surface area contributed by atoms with Gasteiger partial charge in [-0.3, -0.25) is 4.79 Å². The third-order valence-corrected chi connectivity index (χ3v) is 7.30. The van der Waals surface area contributed by atoms with Gasteiger partial charge < -0.3 is 19.5 Å². The van der Waals surface area contributed by atoms with Gasteiger partial charge in [0.05, 0.1) is 10.2 Å². The molecule has 0 spiro atoms. The minimum atomic E-state index is 0.0865. The standard InChI is InChI=1S/C20H24N6OS2/c1-25-9-6-13(7-10-25)19(27)23-20-21-15-5-4-14(11-16(15)28-20)24-29-18-12-26-8-2-3-17(26)22-18/h4-5,11-13,24H,2-3,6-10H2,1H3,(H,21,23,27). The molecule has 0 bridgehead atoms. The Labute approximate surface area is 178 Å². The van der Waals surface area contributed by atoms with Gasteiger partial charge in [0, 0.05) is 42.7 Å². The number of fused-ring (bicyclic) bond motifs is 2. The smallest absolute Gasteiger partial charge is 0.229 e. The first kappa shape index (κ1) is 18.9. The maximum absolute atomic E-state index is 12.5. The summed E-state index contributed by atoms with van der Waals surface area (Å²) >= 11 is 3.05. The van der Waals surface area contributed by atoms with Crippen LogP contribution in [0.5, 0.6) is 0 Å². The quantitative estimate of drug-likeness (QED) is 0.602. The number of amides is 1. The second-order valence-corrected chi connectivity index (χ2v) is 9.62. The van der Waals surface area contributed by atoms with Gasteiger partial charge in [-0.2, -0.15) is 0 Å². The van der Waals surface area contributed by atoms with E-state index in [9.17, 15) is 4.79 Å². The number of hydrogen-bond donors (Lipinski definition) is 2. The van der Waals surface area contributed by atoms with E-state index in [2.05, 4.69) is 48.8 Å². The van der Waals surface area contributed by atoms with E-state index in [1.54, 1.807) is 0 Å². The molecule has 7 nitrogen and oxygen atoms in total. The van der Waals surface area contributed by atoms with Crippen molar-refractivity contribution >= 4 is 50.2 Å². The molecule has 9 heteroatoms. The number of rotatable bonds is 5. The van der Waals surface area contributed by atoms with Crippen LogP contribution >= 0.6 is 23.3 Å². The van der Waals surface area contributed by atoms with Crippen molar-refractivity contribution in [1.29, 1.82) is 0 Å². The first-order chi connectivity index (χ1) is 14.1. The second-order valence-electron chi connectivity index (χ2n) is 7.76. The number of anilines is 2. The molecule has 2 N–H and O–H groups in total. The molecule has 29 heavy (non-hydrogen) atoms. The number of likely N-dealkylation sites (tertiary alicyclic amines) is 1. The number of aryl methyl sites for hydroxylation is 2. The highest BCUT2D eigenvalue weighted by Gasteiger charge is 2.24. The Morgan fingerprint density at radius 2 is 2.10 bits per heavy atom. The lowest BCUT2D eigenvalue weighted by molar-refractivity contribution is -0.121. The van der Waals surface area contributed by atoms with Gasteiger partial charge in [-0.05, 0) is 57.6 Å². The summed E-state index contributed by atoms with van der Waals surface area (Å²) in [5.74, 6) is 1.36. The lowest BCUT2D eigenvalue weighted by atomic mass is 9.96. The summed E-state index contributed by atoms with van der Waals surface area (Å²) in [5.41, 5.74) is 1.91. The summed E-state index contributed by atoms with van der Waals surface area (Å²) in [6.45, 7) is 3.02. The zero-order valence-corrected chi connectivity index (χ0v) is 18.0. The molecule has 0 saturated carbocycles. The van der Waals surface area contributed by atoms with Crippen molar-refractivity contribution in [3.8, 4) is 0 Å². The molecule has 0 radical (unpaired) electrons. The predicted molar refractivity (Wildman–Crippen MR) is 118 cm³/mol. The summed E-state index contributed by atoms with van der Waals surface area (Å²) in [5, 5.41) is 4.70. The molecule has 0 atom stereocenters. The first-order valence-electron chi connectivity index (χ1n) is 10.0. The van der Waals surface area contributed by atoms with Crippen LogP contribution in [0.3, 0.4) is 0 Å². The van der Waals surface area contributed by atoms with Crippen LogP contribution in [0.1, 0.15) is 25.1 Å². The largest absolute Gasteiger partial charge is 0.334 e. The summed E-state index contributed by atoms with van der Waals surface area (Å²) in [6.07, 6.45) is 6.20. The molecule has 2 aliphatic heterocycles. The lowest BCUT2D eigenvalue weighted by Crippen LogP contribution is -2.35. The van der Waals surface area contributed by atoms with Crippen LogP contribution in [0, 0.1) is 5.92 Å². The number of imidazole rings is 1. The van der Waals surface area contributed by atoms with E-state index >= 15 is 0 Å². The van der Waals surface area contributed by atoms with Crippen molar-refractivity contribution in [1.82, 2.24) is 19.4 Å². The number of nitrogens with one attached hydrogen (secondary N) is 2. The molecule has 5 rings (SSSR count). The summed E-state index contributed by atoms with van der Waals surface area (Å²) in [4.78, 5) is 24.1. The predicted octanol–water partition coefficient (Wildman–Crippen LogP) is 3.84. The molecule has 1 amide bonds. The zero-order chi connectivity index (χ0) is 19.8. The van der Waals surface area contributed by atoms with Crippen LogP contribution in [-0.2, 0) is 17.8 Å². The molecule has 1 saturated heterocycles. The Morgan fingerprint density at radius 1 is 1.24 bits per heavy atom. The molecule has 3 aromatic rings. The highest BCUT2D eigenvalue weighted by molar-refractivity contribution is 8.00. The first-order valence-corrected chi connectivity index (χ1v) is 11.7. The molecular weight excluding hydrogens is 404 g/mol. The number of benzene rings is 1. The second kappa shape index (κ2) is 7.97. The van der Waals surface area contributed by atoms with Crippen LogP contribution in [0.2, 0.25) is 0 Å². The molecule has 152 valence electrons. The normalized spacial score (nSPS) is 17.6. The van der Waals surface area contributed by atoms with Crippen molar-refractivity contribution in [3.63, 3.8) is 0 Å². The van der Waals surface area contributed by atoms with Crippen LogP contribution in [0.25, 0.3) is 10.2 Å². The summed E-state index contributed by atoms with van der Waals surface area (Å²) in [7, 11) is 2.10. The summed E-state index contributed by atoms with van der Waals surface area (Å²) in [6, 6.07) is 6.09. The Morgan fingerprint density at radius 3 is 2.93 bits per heavy atom. The van der Waals surface area contributed by atoms with Crippen LogP contribution in [0.4, 0.5) is 10.8 Å². The van der Waals surface area contributed by atoms with Gasteiger partial charge in [0.25, 0.3) is 0 Å². The topological polar surface area (TPSA) is 75.1 Å². The number of carbonyl (C=O) groups is 1. The molecular formula is C20H24N6OS2. The van der Waals surface area contributed by atoms with E-state index in [0.717, 1.165) is 59.8 Å². The minimum Gasteiger partial charge on any atom is -0.334 e. The van der Waals surface area contributed by atoms with Crippen LogP contribution in [-0.4, -0.2) is 45.5 Å². The molecule has 0 unspecified atom stereocenters. The van der Waals surface area contributed by atoms with E-state index in [-0.39, 0.29) is 11.8 Å². The van der Waals surface area contributed by atoms with Gasteiger partial charge in [-0.1, -0.05) is 11.3 Å². The molecule has 4 heterocycles. The number of aromatic nitrogens is 3. The van der Waals surface area contributed by atoms with Gasteiger partial charge in [0.15, 0.2) is 5.13 Å². The Kier molecular flexibility index (Phi) is 5.19. The number of carbonyl (C=O) groups excluding carboxylic acids is 1. The molecule has 1 aromatic carbocycles. The van der Waals surface area contributed by atoms with E-state index in [4.69, 9.17) is 0 Å². The van der Waals surface area contributed by atoms with E-state index in [1.807, 2.05) is 12.1 Å². The van der Waals surface area contributed by atoms with Crippen LogP contribution in [0.15, 0.2) is 29.4 Å². The molecule has 0 aliphatic carbocycles. The van der Waals surface area contributed by atoms with Crippen molar-refractivity contribution in [3.05, 3.63) is 30.2 Å². The average Bonchev–Trinajstić information content (AvgIpc) is 3.40. The maximum atomic E-state index is 12.5. The van der Waals surface area contributed by atoms with Crippen molar-refractivity contribution < 1.29 is 4.79 Å². The van der Waals surface area contributed by atoms with Crippen LogP contribution < -0.4 is 10.0 Å². The SMILES string of the molecule is CN1CCC(C(=O)Nc2nc3ccc(NSc4cn5c(n4)CCC5)cc3s2)CC1. The maximum Gasteiger partial charge on any atom is 0.229 e. The fourth-order valence-electron chi connectivity index (χ4n) is 3.91. The van der Waals surface area contributed by atoms with Gasteiger partial charge in [0.1, 0.15) is 10.9 Å². The Bertz CT molecular complexity index is 1020. The number of hydrogen-bond acceptors (Lipinski definition) is 7. The number of thiazole rings is 1. The van der Waals surface area contributed by atoms with Gasteiger partial charge in [-0.25, -0.2) is 9.97 Å². The average molecular weight is 429 g/mol. The van der Waals surface area contributed by atoms with Crippen molar-refractivity contribution in [2.75, 3.05) is 30.2 Å². The number of nitrogens with zero attached hydrogens (tertiary/aromatic N) is 4. The number of piperidine rings is 1. The molecule has 2 aromatic heterocycles. The van der Waals surface area contributed by atoms with E-state index in [1.165, 1.54) is 35.5 Å². The third kappa shape index (κ3) is 4.12. The Hall–Kier alpha value is -2.10. The summed E-state index contributed by atoms with van der Waals surface area (Å²) < 4.78 is 6.66. The van der Waals surface area contributed by atoms with E-state index < -0.39 is 0 Å². The fraction of sp³-hybridized carbons (Fsp3) is 0.450. The van der Waals surface area contributed by atoms with Crippen molar-refractivity contribution in [2.45, 2.75) is 37.3 Å². The minimum absolute atomic E-state index is 0.0865. The molecule has 2 aliphatic rings. The van der Waals surface area contributed by atoms with Gasteiger partial charge >= 0.3 is 0 Å². The highest BCUT2D eigenvalue weighted by Crippen LogP contribution is 2.31. The van der Waals surface area contributed by atoms with E-state index in [0.29, 0.717) is 5.13 Å². The highest BCUT2D eigenvalue weighted by atomic mass is 32.2. The monoisotopic (exact) mass is 428 g/mol. The molecule has 1 fully saturated rings.